The Labute approximate surface area is 82.2 Å². The molecule has 0 amide bonds. The van der Waals surface area contributed by atoms with E-state index in [9.17, 15) is 9.59 Å². The second-order valence-corrected chi connectivity index (χ2v) is 3.16. The number of hydrogen-bond acceptors (Lipinski definition) is 3. The monoisotopic (exact) mass is 202 g/mol. The Balaban J connectivity index is 2.80. The third-order valence-corrected chi connectivity index (χ3v) is 2.27. The van der Waals surface area contributed by atoms with Gasteiger partial charge in [-0.15, -0.1) is 5.10 Å². The highest BCUT2D eigenvalue weighted by atomic mass is 16.2. The number of aromatic amines is 2. The molecule has 2 N–H and O–H groups in total. The maximum Gasteiger partial charge on any atom is 0.348 e. The molecule has 0 unspecified atom stereocenters. The lowest BCUT2D eigenvalue weighted by Gasteiger charge is -1.98. The minimum Gasteiger partial charge on any atom is -0.317 e. The van der Waals surface area contributed by atoms with E-state index < -0.39 is 5.69 Å². The molecule has 2 aromatic heterocycles. The van der Waals surface area contributed by atoms with E-state index in [-0.39, 0.29) is 11.2 Å². The number of fused-ring (bicyclic) bond motifs is 3. The molecule has 3 rings (SSSR count). The van der Waals surface area contributed by atoms with E-state index in [0.29, 0.717) is 11.0 Å². The quantitative estimate of drug-likeness (QED) is 0.532. The summed E-state index contributed by atoms with van der Waals surface area (Å²) in [7, 11) is 0. The number of aromatic nitrogens is 4. The summed E-state index contributed by atoms with van der Waals surface area (Å²) in [5.41, 5.74) is 0.530. The zero-order chi connectivity index (χ0) is 10.4. The van der Waals surface area contributed by atoms with Crippen LogP contribution >= 0.6 is 0 Å². The Morgan fingerprint density at radius 2 is 2.00 bits per heavy atom. The minimum atomic E-state index is -0.410. The summed E-state index contributed by atoms with van der Waals surface area (Å²) < 4.78 is 1.26. The van der Waals surface area contributed by atoms with E-state index in [1.165, 1.54) is 4.40 Å². The van der Waals surface area contributed by atoms with E-state index in [4.69, 9.17) is 0 Å². The highest BCUT2D eigenvalue weighted by Gasteiger charge is 2.07. The fourth-order valence-corrected chi connectivity index (χ4v) is 1.63. The Morgan fingerprint density at radius 3 is 2.87 bits per heavy atom. The van der Waals surface area contributed by atoms with Gasteiger partial charge in [-0.3, -0.25) is 4.79 Å². The normalized spacial score (nSPS) is 11.2. The van der Waals surface area contributed by atoms with Gasteiger partial charge in [0.25, 0.3) is 5.56 Å². The van der Waals surface area contributed by atoms with Crippen molar-refractivity contribution in [3.05, 3.63) is 45.1 Å². The Hall–Kier alpha value is -2.37. The molecule has 1 aromatic carbocycles. The highest BCUT2D eigenvalue weighted by molar-refractivity contribution is 5.76. The van der Waals surface area contributed by atoms with E-state index in [2.05, 4.69) is 15.2 Å². The zero-order valence-corrected chi connectivity index (χ0v) is 7.52. The SMILES string of the molecule is O=c1[nH]c2ccccc2n2c(=O)[nH]nc12. The molecular formula is C9H6N4O2. The second kappa shape index (κ2) is 2.57. The first-order valence-electron chi connectivity index (χ1n) is 4.35. The smallest absolute Gasteiger partial charge is 0.317 e. The molecule has 15 heavy (non-hydrogen) atoms. The van der Waals surface area contributed by atoms with Crippen molar-refractivity contribution >= 4 is 16.7 Å². The van der Waals surface area contributed by atoms with Gasteiger partial charge < -0.3 is 4.98 Å². The van der Waals surface area contributed by atoms with Crippen LogP contribution in [0.4, 0.5) is 0 Å². The van der Waals surface area contributed by atoms with Gasteiger partial charge in [-0.2, -0.15) is 0 Å². The molecule has 6 heteroatoms. The van der Waals surface area contributed by atoms with Crippen molar-refractivity contribution in [2.75, 3.05) is 0 Å². The van der Waals surface area contributed by atoms with Crippen LogP contribution in [-0.4, -0.2) is 19.6 Å². The van der Waals surface area contributed by atoms with Crippen LogP contribution in [0.15, 0.2) is 33.9 Å². The number of H-pyrrole nitrogens is 2. The number of nitrogens with zero attached hydrogens (tertiary/aromatic N) is 2. The molecular weight excluding hydrogens is 196 g/mol. The lowest BCUT2D eigenvalue weighted by atomic mass is 10.3. The second-order valence-electron chi connectivity index (χ2n) is 3.16. The molecule has 6 nitrogen and oxygen atoms in total. The number of hydrogen-bond donors (Lipinski definition) is 2. The van der Waals surface area contributed by atoms with Crippen molar-refractivity contribution in [2.45, 2.75) is 0 Å². The average molecular weight is 202 g/mol. The molecule has 0 bridgehead atoms. The highest BCUT2D eigenvalue weighted by Crippen LogP contribution is 2.07. The summed E-state index contributed by atoms with van der Waals surface area (Å²) in [6.45, 7) is 0. The number of rotatable bonds is 0. The van der Waals surface area contributed by atoms with Gasteiger partial charge in [-0.25, -0.2) is 14.3 Å². The van der Waals surface area contributed by atoms with Crippen LogP contribution in [0.1, 0.15) is 0 Å². The maximum atomic E-state index is 11.5. The molecule has 0 atom stereocenters. The molecule has 74 valence electrons. The van der Waals surface area contributed by atoms with Crippen LogP contribution in [0, 0.1) is 0 Å². The van der Waals surface area contributed by atoms with Crippen LogP contribution in [0.2, 0.25) is 0 Å². The van der Waals surface area contributed by atoms with Crippen molar-refractivity contribution in [1.29, 1.82) is 0 Å². The first-order valence-corrected chi connectivity index (χ1v) is 4.35. The fourth-order valence-electron chi connectivity index (χ4n) is 1.63. The standard InChI is InChI=1S/C9H6N4O2/c14-8-7-11-12-9(15)13(7)6-4-2-1-3-5(6)10-8/h1-4H,(H,10,14)(H,12,15). The van der Waals surface area contributed by atoms with E-state index in [1.807, 2.05) is 0 Å². The molecule has 0 aliphatic rings. The van der Waals surface area contributed by atoms with Crippen molar-refractivity contribution in [2.24, 2.45) is 0 Å². The van der Waals surface area contributed by atoms with Crippen LogP contribution in [0.25, 0.3) is 16.7 Å². The minimum absolute atomic E-state index is 0.0821. The van der Waals surface area contributed by atoms with Gasteiger partial charge in [0, 0.05) is 0 Å². The molecule has 0 aliphatic carbocycles. The third-order valence-electron chi connectivity index (χ3n) is 2.27. The maximum absolute atomic E-state index is 11.5. The van der Waals surface area contributed by atoms with Crippen molar-refractivity contribution in [3.8, 4) is 0 Å². The predicted molar refractivity (Wildman–Crippen MR) is 53.9 cm³/mol. The van der Waals surface area contributed by atoms with E-state index >= 15 is 0 Å². The Bertz CT molecular complexity index is 765. The fraction of sp³-hybridized carbons (Fsp3) is 0. The summed E-state index contributed by atoms with van der Waals surface area (Å²) in [6.07, 6.45) is 0. The van der Waals surface area contributed by atoms with Gasteiger partial charge in [0.1, 0.15) is 0 Å². The van der Waals surface area contributed by atoms with E-state index in [1.54, 1.807) is 24.3 Å². The van der Waals surface area contributed by atoms with Gasteiger partial charge in [-0.1, -0.05) is 12.1 Å². The first kappa shape index (κ1) is 7.98. The summed E-state index contributed by atoms with van der Waals surface area (Å²) in [5.74, 6) is 0. The first-order chi connectivity index (χ1) is 7.27. The lowest BCUT2D eigenvalue weighted by Crippen LogP contribution is -2.16. The summed E-state index contributed by atoms with van der Waals surface area (Å²) in [6, 6.07) is 7.06. The Kier molecular flexibility index (Phi) is 1.37. The summed E-state index contributed by atoms with van der Waals surface area (Å²) in [5, 5.41) is 5.90. The molecule has 0 saturated carbocycles. The zero-order valence-electron chi connectivity index (χ0n) is 7.52. The number of nitrogens with one attached hydrogen (secondary N) is 2. The van der Waals surface area contributed by atoms with E-state index in [0.717, 1.165) is 0 Å². The summed E-state index contributed by atoms with van der Waals surface area (Å²) in [4.78, 5) is 25.6. The molecule has 0 spiro atoms. The van der Waals surface area contributed by atoms with Crippen molar-refractivity contribution < 1.29 is 0 Å². The topological polar surface area (TPSA) is 83.0 Å². The average Bonchev–Trinajstić information content (AvgIpc) is 2.62. The van der Waals surface area contributed by atoms with Crippen LogP contribution < -0.4 is 11.2 Å². The van der Waals surface area contributed by atoms with Gasteiger partial charge in [0.15, 0.2) is 0 Å². The van der Waals surface area contributed by atoms with Crippen molar-refractivity contribution in [3.63, 3.8) is 0 Å². The molecule has 0 saturated heterocycles. The van der Waals surface area contributed by atoms with Crippen LogP contribution in [-0.2, 0) is 0 Å². The van der Waals surface area contributed by atoms with Crippen LogP contribution in [0.3, 0.4) is 0 Å². The molecule has 0 aliphatic heterocycles. The number of para-hydroxylation sites is 2. The molecule has 3 aromatic rings. The van der Waals surface area contributed by atoms with Gasteiger partial charge in [-0.05, 0) is 12.1 Å². The van der Waals surface area contributed by atoms with Crippen molar-refractivity contribution in [1.82, 2.24) is 19.6 Å². The molecule has 0 radical (unpaired) electrons. The van der Waals surface area contributed by atoms with Gasteiger partial charge in [0.05, 0.1) is 11.0 Å². The number of benzene rings is 1. The summed E-state index contributed by atoms with van der Waals surface area (Å²) >= 11 is 0. The molecule has 2 heterocycles. The predicted octanol–water partition coefficient (Wildman–Crippen LogP) is -0.136. The van der Waals surface area contributed by atoms with Gasteiger partial charge >= 0.3 is 5.69 Å². The largest absolute Gasteiger partial charge is 0.348 e. The Morgan fingerprint density at radius 1 is 1.20 bits per heavy atom. The third kappa shape index (κ3) is 0.954. The lowest BCUT2D eigenvalue weighted by molar-refractivity contribution is 1.04. The van der Waals surface area contributed by atoms with Gasteiger partial charge in [0.2, 0.25) is 5.65 Å². The van der Waals surface area contributed by atoms with Crippen LogP contribution in [0.5, 0.6) is 0 Å². The molecule has 0 fully saturated rings.